The average molecular weight is 521 g/mol. The fourth-order valence-electron chi connectivity index (χ4n) is 3.09. The van der Waals surface area contributed by atoms with Crippen molar-refractivity contribution in [3.63, 3.8) is 0 Å². The van der Waals surface area contributed by atoms with Gasteiger partial charge in [-0.25, -0.2) is 0 Å². The summed E-state index contributed by atoms with van der Waals surface area (Å²) in [5, 5.41) is 20.1. The first-order valence-electron chi connectivity index (χ1n) is 9.82. The van der Waals surface area contributed by atoms with Gasteiger partial charge in [0.2, 0.25) is 4.96 Å². The molecular weight excluding hydrogens is 503 g/mol. The SMILES string of the molecule is CCc1nnc2sc(-c3ccc(CNC(=S)NC(=O)c4cc(Cl)cc(Cl)c4OC)cc3)nn12. The first kappa shape index (κ1) is 23.4. The van der Waals surface area contributed by atoms with Crippen LogP contribution in [0.1, 0.15) is 28.7 Å². The summed E-state index contributed by atoms with van der Waals surface area (Å²) in [5.74, 6) is 0.591. The van der Waals surface area contributed by atoms with E-state index in [0.29, 0.717) is 11.6 Å². The Morgan fingerprint density at radius 1 is 1.21 bits per heavy atom. The van der Waals surface area contributed by atoms with Gasteiger partial charge >= 0.3 is 0 Å². The maximum absolute atomic E-state index is 12.6. The Bertz CT molecular complexity index is 1340. The third kappa shape index (κ3) is 5.09. The third-order valence-corrected chi connectivity index (χ3v) is 6.40. The number of nitrogens with zero attached hydrogens (tertiary/aromatic N) is 4. The lowest BCUT2D eigenvalue weighted by Crippen LogP contribution is -2.39. The normalized spacial score (nSPS) is 10.9. The number of halogens is 2. The number of fused-ring (bicyclic) bond motifs is 1. The number of hydrogen-bond donors (Lipinski definition) is 2. The molecule has 2 N–H and O–H groups in total. The van der Waals surface area contributed by atoms with Crippen LogP contribution < -0.4 is 15.4 Å². The Kier molecular flexibility index (Phi) is 7.08. The Labute approximate surface area is 208 Å². The number of aryl methyl sites for hydroxylation is 1. The Morgan fingerprint density at radius 3 is 2.67 bits per heavy atom. The fraction of sp³-hybridized carbons (Fsp3) is 0.190. The van der Waals surface area contributed by atoms with Crippen LogP contribution in [0.25, 0.3) is 15.5 Å². The minimum Gasteiger partial charge on any atom is -0.494 e. The van der Waals surface area contributed by atoms with Crippen LogP contribution in [0, 0.1) is 0 Å². The molecule has 2 aromatic heterocycles. The van der Waals surface area contributed by atoms with Gasteiger partial charge < -0.3 is 10.1 Å². The molecule has 0 atom stereocenters. The second-order valence-electron chi connectivity index (χ2n) is 6.87. The predicted molar refractivity (Wildman–Crippen MR) is 133 cm³/mol. The highest BCUT2D eigenvalue weighted by molar-refractivity contribution is 7.80. The molecule has 2 aromatic carbocycles. The van der Waals surface area contributed by atoms with Crippen LogP contribution in [0.5, 0.6) is 5.75 Å². The van der Waals surface area contributed by atoms with Crippen LogP contribution in [-0.4, -0.2) is 37.9 Å². The topological polar surface area (TPSA) is 93.4 Å². The van der Waals surface area contributed by atoms with Gasteiger partial charge in [0.05, 0.1) is 17.7 Å². The summed E-state index contributed by atoms with van der Waals surface area (Å²) in [6.45, 7) is 2.45. The van der Waals surface area contributed by atoms with Crippen LogP contribution in [0.3, 0.4) is 0 Å². The number of nitrogens with one attached hydrogen (secondary N) is 2. The maximum atomic E-state index is 12.6. The second-order valence-corrected chi connectivity index (χ2v) is 9.08. The minimum atomic E-state index is -0.473. The predicted octanol–water partition coefficient (Wildman–Crippen LogP) is 4.54. The van der Waals surface area contributed by atoms with Gasteiger partial charge in [0.15, 0.2) is 10.9 Å². The molecule has 170 valence electrons. The zero-order valence-corrected chi connectivity index (χ0v) is 20.7. The number of carbonyl (C=O) groups excluding carboxylic acids is 1. The fourth-order valence-corrected chi connectivity index (χ4v) is 4.69. The van der Waals surface area contributed by atoms with Crippen LogP contribution in [0.4, 0.5) is 0 Å². The molecule has 4 rings (SSSR count). The third-order valence-electron chi connectivity index (χ3n) is 4.71. The van der Waals surface area contributed by atoms with Gasteiger partial charge in [-0.3, -0.25) is 10.1 Å². The molecule has 0 aliphatic carbocycles. The van der Waals surface area contributed by atoms with Crippen LogP contribution in [0.2, 0.25) is 10.0 Å². The van der Waals surface area contributed by atoms with Gasteiger partial charge in [-0.1, -0.05) is 65.7 Å². The monoisotopic (exact) mass is 520 g/mol. The van der Waals surface area contributed by atoms with E-state index in [-0.39, 0.29) is 21.4 Å². The quantitative estimate of drug-likeness (QED) is 0.360. The van der Waals surface area contributed by atoms with E-state index in [2.05, 4.69) is 25.9 Å². The van der Waals surface area contributed by atoms with Crippen molar-refractivity contribution in [2.75, 3.05) is 7.11 Å². The minimum absolute atomic E-state index is 0.169. The molecular formula is C21H18Cl2N6O2S2. The number of benzene rings is 2. The van der Waals surface area contributed by atoms with Crippen LogP contribution >= 0.6 is 46.8 Å². The van der Waals surface area contributed by atoms with E-state index in [1.165, 1.54) is 30.6 Å². The van der Waals surface area contributed by atoms with Crippen molar-refractivity contribution < 1.29 is 9.53 Å². The zero-order chi connectivity index (χ0) is 23.5. The lowest BCUT2D eigenvalue weighted by atomic mass is 10.1. The number of rotatable bonds is 6. The lowest BCUT2D eigenvalue weighted by molar-refractivity contribution is 0.0973. The van der Waals surface area contributed by atoms with Crippen molar-refractivity contribution in [2.24, 2.45) is 0 Å². The first-order chi connectivity index (χ1) is 15.9. The molecule has 0 fully saturated rings. The zero-order valence-electron chi connectivity index (χ0n) is 17.6. The van der Waals surface area contributed by atoms with Gasteiger partial charge in [-0.05, 0) is 29.9 Å². The number of ether oxygens (including phenoxy) is 1. The molecule has 12 heteroatoms. The smallest absolute Gasteiger partial charge is 0.261 e. The summed E-state index contributed by atoms with van der Waals surface area (Å²) in [6, 6.07) is 10.9. The number of carbonyl (C=O) groups is 1. The van der Waals surface area contributed by atoms with Gasteiger partial charge in [0, 0.05) is 23.6 Å². The maximum Gasteiger partial charge on any atom is 0.261 e. The van der Waals surface area contributed by atoms with E-state index in [1.54, 1.807) is 4.52 Å². The van der Waals surface area contributed by atoms with Crippen molar-refractivity contribution in [1.82, 2.24) is 30.4 Å². The van der Waals surface area contributed by atoms with E-state index in [0.717, 1.165) is 33.3 Å². The molecule has 4 aromatic rings. The van der Waals surface area contributed by atoms with E-state index < -0.39 is 5.91 Å². The molecule has 0 unspecified atom stereocenters. The molecule has 0 saturated heterocycles. The van der Waals surface area contributed by atoms with E-state index >= 15 is 0 Å². The Hall–Kier alpha value is -2.79. The standard InChI is InChI=1S/C21H18Cl2N6O2S2/c1-3-16-26-27-21-29(16)28-19(33-21)12-6-4-11(5-7-12)10-24-20(32)25-18(30)14-8-13(22)9-15(23)17(14)31-2/h4-9H,3,10H2,1-2H3,(H2,24,25,30,32). The van der Waals surface area contributed by atoms with E-state index in [1.807, 2.05) is 31.2 Å². The molecule has 0 radical (unpaired) electrons. The molecule has 0 spiro atoms. The lowest BCUT2D eigenvalue weighted by Gasteiger charge is -2.13. The highest BCUT2D eigenvalue weighted by atomic mass is 35.5. The highest BCUT2D eigenvalue weighted by Gasteiger charge is 2.18. The summed E-state index contributed by atoms with van der Waals surface area (Å²) >= 11 is 18.8. The van der Waals surface area contributed by atoms with Gasteiger partial charge in [0.25, 0.3) is 5.91 Å². The molecule has 1 amide bonds. The van der Waals surface area contributed by atoms with Crippen molar-refractivity contribution in [3.8, 4) is 16.3 Å². The van der Waals surface area contributed by atoms with Crippen molar-refractivity contribution in [1.29, 1.82) is 0 Å². The number of aromatic nitrogens is 4. The van der Waals surface area contributed by atoms with Crippen molar-refractivity contribution >= 4 is 62.7 Å². The van der Waals surface area contributed by atoms with Crippen LogP contribution in [-0.2, 0) is 13.0 Å². The number of hydrogen-bond acceptors (Lipinski definition) is 7. The molecule has 33 heavy (non-hydrogen) atoms. The molecule has 0 bridgehead atoms. The van der Waals surface area contributed by atoms with E-state index in [4.69, 9.17) is 40.2 Å². The Morgan fingerprint density at radius 2 is 1.97 bits per heavy atom. The average Bonchev–Trinajstić information content (AvgIpc) is 3.38. The molecule has 2 heterocycles. The summed E-state index contributed by atoms with van der Waals surface area (Å²) in [4.78, 5) is 13.4. The molecule has 8 nitrogen and oxygen atoms in total. The highest BCUT2D eigenvalue weighted by Crippen LogP contribution is 2.32. The summed E-state index contributed by atoms with van der Waals surface area (Å²) in [6.07, 6.45) is 0.766. The van der Waals surface area contributed by atoms with Gasteiger partial charge in [-0.15, -0.1) is 10.2 Å². The van der Waals surface area contributed by atoms with Gasteiger partial charge in [-0.2, -0.15) is 9.61 Å². The summed E-state index contributed by atoms with van der Waals surface area (Å²) in [7, 11) is 1.43. The summed E-state index contributed by atoms with van der Waals surface area (Å²) < 4.78 is 6.99. The van der Waals surface area contributed by atoms with Gasteiger partial charge in [0.1, 0.15) is 10.8 Å². The van der Waals surface area contributed by atoms with Crippen molar-refractivity contribution in [2.45, 2.75) is 19.9 Å². The summed E-state index contributed by atoms with van der Waals surface area (Å²) in [5.41, 5.74) is 2.16. The molecule has 0 aliphatic rings. The van der Waals surface area contributed by atoms with E-state index in [9.17, 15) is 4.79 Å². The first-order valence-corrected chi connectivity index (χ1v) is 11.8. The molecule has 0 aliphatic heterocycles. The number of thiocarbonyl (C=S) groups is 1. The number of amides is 1. The van der Waals surface area contributed by atoms with Crippen molar-refractivity contribution in [3.05, 3.63) is 63.4 Å². The second kappa shape index (κ2) is 10.0. The largest absolute Gasteiger partial charge is 0.494 e. The Balaban J connectivity index is 1.37. The molecule has 0 saturated carbocycles. The van der Waals surface area contributed by atoms with Crippen LogP contribution in [0.15, 0.2) is 36.4 Å². The number of methoxy groups -OCH3 is 1.